The van der Waals surface area contributed by atoms with Crippen LogP contribution in [-0.2, 0) is 4.79 Å². The maximum absolute atomic E-state index is 12.1. The first kappa shape index (κ1) is 16.7. The predicted molar refractivity (Wildman–Crippen MR) is 80.9 cm³/mol. The first-order valence-corrected chi connectivity index (χ1v) is 7.66. The average molecular weight is 312 g/mol. The topological polar surface area (TPSA) is 64.4 Å². The van der Waals surface area contributed by atoms with Crippen molar-refractivity contribution >= 4 is 11.6 Å². The van der Waals surface area contributed by atoms with E-state index in [1.54, 1.807) is 0 Å². The van der Waals surface area contributed by atoms with E-state index in [1.807, 2.05) is 0 Å². The van der Waals surface area contributed by atoms with Gasteiger partial charge < -0.3 is 15.8 Å². The lowest BCUT2D eigenvalue weighted by Gasteiger charge is -2.24. The average Bonchev–Trinajstić information content (AvgIpc) is 2.49. The van der Waals surface area contributed by atoms with Crippen molar-refractivity contribution in [3.63, 3.8) is 0 Å². The van der Waals surface area contributed by atoms with E-state index < -0.39 is 12.7 Å². The van der Waals surface area contributed by atoms with Crippen LogP contribution >= 0.6 is 0 Å². The van der Waals surface area contributed by atoms with Crippen LogP contribution in [0.2, 0.25) is 0 Å². The molecule has 1 aromatic rings. The number of hydrogen-bond acceptors (Lipinski definition) is 3. The van der Waals surface area contributed by atoms with Gasteiger partial charge in [0, 0.05) is 5.69 Å². The van der Waals surface area contributed by atoms with E-state index in [2.05, 4.69) is 10.1 Å². The lowest BCUT2D eigenvalue weighted by Crippen LogP contribution is -2.37. The summed E-state index contributed by atoms with van der Waals surface area (Å²) in [4.78, 5) is 12.1. The van der Waals surface area contributed by atoms with Crippen molar-refractivity contribution in [3.05, 3.63) is 24.3 Å². The van der Waals surface area contributed by atoms with E-state index in [-0.39, 0.29) is 11.7 Å². The van der Waals surface area contributed by atoms with Crippen LogP contribution in [0, 0.1) is 5.92 Å². The fourth-order valence-electron chi connectivity index (χ4n) is 2.84. The van der Waals surface area contributed by atoms with Crippen molar-refractivity contribution in [1.82, 2.24) is 0 Å². The molecule has 22 heavy (non-hydrogen) atoms. The zero-order valence-electron chi connectivity index (χ0n) is 12.4. The standard InChI is InChI=1S/C16H22F2N2O2/c17-16(18)22-13-8-6-12(7-9-13)20-15(21)14(19)10-11-4-2-1-3-5-11/h6-9,11,14,16H,1-5,10,19H2,(H,20,21). The molecule has 0 radical (unpaired) electrons. The summed E-state index contributed by atoms with van der Waals surface area (Å²) in [7, 11) is 0. The molecule has 1 saturated carbocycles. The summed E-state index contributed by atoms with van der Waals surface area (Å²) >= 11 is 0. The van der Waals surface area contributed by atoms with Gasteiger partial charge in [-0.25, -0.2) is 0 Å². The molecule has 0 heterocycles. The lowest BCUT2D eigenvalue weighted by atomic mass is 9.85. The van der Waals surface area contributed by atoms with E-state index in [9.17, 15) is 13.6 Å². The summed E-state index contributed by atoms with van der Waals surface area (Å²) in [6.45, 7) is -2.86. The van der Waals surface area contributed by atoms with Gasteiger partial charge in [-0.3, -0.25) is 4.79 Å². The first-order valence-electron chi connectivity index (χ1n) is 7.66. The summed E-state index contributed by atoms with van der Waals surface area (Å²) in [6, 6.07) is 5.26. The molecule has 0 spiro atoms. The third-order valence-corrected chi connectivity index (χ3v) is 4.00. The molecule has 1 aromatic carbocycles. The minimum absolute atomic E-state index is 0.0551. The summed E-state index contributed by atoms with van der Waals surface area (Å²) in [5.74, 6) is 0.337. The molecule has 1 unspecified atom stereocenters. The Morgan fingerprint density at radius 2 is 1.86 bits per heavy atom. The molecule has 0 bridgehead atoms. The van der Waals surface area contributed by atoms with Gasteiger partial charge in [0.2, 0.25) is 5.91 Å². The molecule has 3 N–H and O–H groups in total. The van der Waals surface area contributed by atoms with Crippen LogP contribution in [0.1, 0.15) is 38.5 Å². The fraction of sp³-hybridized carbons (Fsp3) is 0.562. The summed E-state index contributed by atoms with van der Waals surface area (Å²) < 4.78 is 28.4. The fourth-order valence-corrected chi connectivity index (χ4v) is 2.84. The number of amides is 1. The Hall–Kier alpha value is -1.69. The molecule has 2 rings (SSSR count). The Morgan fingerprint density at radius 1 is 1.23 bits per heavy atom. The quantitative estimate of drug-likeness (QED) is 0.844. The Morgan fingerprint density at radius 3 is 2.45 bits per heavy atom. The van der Waals surface area contributed by atoms with Crippen molar-refractivity contribution < 1.29 is 18.3 Å². The zero-order chi connectivity index (χ0) is 15.9. The third kappa shape index (κ3) is 5.26. The van der Waals surface area contributed by atoms with Crippen molar-refractivity contribution in [2.24, 2.45) is 11.7 Å². The van der Waals surface area contributed by atoms with E-state index in [4.69, 9.17) is 5.73 Å². The number of halogens is 2. The van der Waals surface area contributed by atoms with Crippen LogP contribution in [-0.4, -0.2) is 18.6 Å². The Labute approximate surface area is 129 Å². The number of benzene rings is 1. The van der Waals surface area contributed by atoms with Gasteiger partial charge in [-0.05, 0) is 36.6 Å². The normalized spacial score (nSPS) is 17.3. The zero-order valence-corrected chi connectivity index (χ0v) is 12.4. The smallest absolute Gasteiger partial charge is 0.387 e. The molecule has 1 aliphatic carbocycles. The highest BCUT2D eigenvalue weighted by molar-refractivity contribution is 5.94. The lowest BCUT2D eigenvalue weighted by molar-refractivity contribution is -0.117. The number of rotatable bonds is 6. The number of anilines is 1. The van der Waals surface area contributed by atoms with Crippen molar-refractivity contribution in [2.45, 2.75) is 51.2 Å². The van der Waals surface area contributed by atoms with Gasteiger partial charge in [-0.2, -0.15) is 8.78 Å². The molecule has 0 aliphatic heterocycles. The molecule has 6 heteroatoms. The maximum Gasteiger partial charge on any atom is 0.387 e. The second-order valence-electron chi connectivity index (χ2n) is 5.74. The molecular formula is C16H22F2N2O2. The van der Waals surface area contributed by atoms with Gasteiger partial charge in [0.1, 0.15) is 5.75 Å². The number of nitrogens with one attached hydrogen (secondary N) is 1. The van der Waals surface area contributed by atoms with E-state index in [0.29, 0.717) is 18.0 Å². The van der Waals surface area contributed by atoms with Crippen LogP contribution in [0.25, 0.3) is 0 Å². The molecule has 122 valence electrons. The first-order chi connectivity index (χ1) is 10.5. The van der Waals surface area contributed by atoms with Gasteiger partial charge in [0.15, 0.2) is 0 Å². The molecular weight excluding hydrogens is 290 g/mol. The van der Waals surface area contributed by atoms with Gasteiger partial charge in [-0.1, -0.05) is 32.1 Å². The van der Waals surface area contributed by atoms with Crippen LogP contribution in [0.5, 0.6) is 5.75 Å². The van der Waals surface area contributed by atoms with Crippen molar-refractivity contribution in [1.29, 1.82) is 0 Å². The second-order valence-corrected chi connectivity index (χ2v) is 5.74. The number of alkyl halides is 2. The number of carbonyl (C=O) groups is 1. The van der Waals surface area contributed by atoms with Crippen molar-refractivity contribution in [3.8, 4) is 5.75 Å². The Balaban J connectivity index is 1.82. The second kappa shape index (κ2) is 8.08. The number of nitrogens with two attached hydrogens (primary N) is 1. The summed E-state index contributed by atoms with van der Waals surface area (Å²) in [5, 5.41) is 2.70. The van der Waals surface area contributed by atoms with Crippen molar-refractivity contribution in [2.75, 3.05) is 5.32 Å². The van der Waals surface area contributed by atoms with Gasteiger partial charge in [-0.15, -0.1) is 0 Å². The van der Waals surface area contributed by atoms with Gasteiger partial charge in [0.25, 0.3) is 0 Å². The van der Waals surface area contributed by atoms with E-state index in [0.717, 1.165) is 12.8 Å². The molecule has 1 amide bonds. The van der Waals surface area contributed by atoms with Crippen LogP contribution in [0.3, 0.4) is 0 Å². The van der Waals surface area contributed by atoms with Crippen LogP contribution in [0.4, 0.5) is 14.5 Å². The Kier molecular flexibility index (Phi) is 6.12. The molecule has 4 nitrogen and oxygen atoms in total. The monoisotopic (exact) mass is 312 g/mol. The van der Waals surface area contributed by atoms with Crippen LogP contribution < -0.4 is 15.8 Å². The summed E-state index contributed by atoms with van der Waals surface area (Å²) in [6.07, 6.45) is 6.67. The largest absolute Gasteiger partial charge is 0.435 e. The Bertz CT molecular complexity index is 474. The highest BCUT2D eigenvalue weighted by atomic mass is 19.3. The number of carbonyl (C=O) groups excluding carboxylic acids is 1. The molecule has 1 aliphatic rings. The third-order valence-electron chi connectivity index (χ3n) is 4.00. The molecule has 1 atom stereocenters. The van der Waals surface area contributed by atoms with Crippen LogP contribution in [0.15, 0.2) is 24.3 Å². The molecule has 0 saturated heterocycles. The minimum Gasteiger partial charge on any atom is -0.435 e. The molecule has 1 fully saturated rings. The van der Waals surface area contributed by atoms with E-state index >= 15 is 0 Å². The number of hydrogen-bond donors (Lipinski definition) is 2. The SMILES string of the molecule is NC(CC1CCCCC1)C(=O)Nc1ccc(OC(F)F)cc1. The van der Waals surface area contributed by atoms with Gasteiger partial charge in [0.05, 0.1) is 6.04 Å². The van der Waals surface area contributed by atoms with E-state index in [1.165, 1.54) is 43.5 Å². The minimum atomic E-state index is -2.86. The highest BCUT2D eigenvalue weighted by Crippen LogP contribution is 2.27. The van der Waals surface area contributed by atoms with Gasteiger partial charge >= 0.3 is 6.61 Å². The highest BCUT2D eigenvalue weighted by Gasteiger charge is 2.21. The maximum atomic E-state index is 12.1. The predicted octanol–water partition coefficient (Wildman–Crippen LogP) is 3.52. The number of ether oxygens (including phenoxy) is 1. The summed E-state index contributed by atoms with van der Waals surface area (Å²) in [5.41, 5.74) is 6.47. The molecule has 0 aromatic heterocycles.